The van der Waals surface area contributed by atoms with Gasteiger partial charge in [0.2, 0.25) is 0 Å². The molecule has 1 aliphatic heterocycles. The molecule has 1 heterocycles. The Labute approximate surface area is 158 Å². The minimum absolute atomic E-state index is 0.193. The average Bonchev–Trinajstić information content (AvgIpc) is 2.68. The van der Waals surface area contributed by atoms with Crippen LogP contribution < -0.4 is 4.31 Å². The summed E-state index contributed by atoms with van der Waals surface area (Å²) in [6, 6.07) is 20.3. The van der Waals surface area contributed by atoms with E-state index in [2.05, 4.69) is 0 Å². The number of sulfonamides is 1. The van der Waals surface area contributed by atoms with E-state index in [1.807, 2.05) is 31.2 Å². The molecular formula is C22H18FNO2S. The molecule has 27 heavy (non-hydrogen) atoms. The Morgan fingerprint density at radius 2 is 1.56 bits per heavy atom. The van der Waals surface area contributed by atoms with Crippen molar-refractivity contribution in [3.63, 3.8) is 0 Å². The van der Waals surface area contributed by atoms with E-state index in [4.69, 9.17) is 0 Å². The van der Waals surface area contributed by atoms with E-state index < -0.39 is 10.0 Å². The second-order valence-corrected chi connectivity index (χ2v) is 8.42. The normalized spacial score (nSPS) is 13.9. The molecule has 3 aromatic rings. The van der Waals surface area contributed by atoms with E-state index in [9.17, 15) is 12.8 Å². The molecule has 1 aliphatic rings. The van der Waals surface area contributed by atoms with Crippen LogP contribution in [0.1, 0.15) is 16.7 Å². The third-order valence-corrected chi connectivity index (χ3v) is 6.45. The van der Waals surface area contributed by atoms with Crippen molar-refractivity contribution in [2.75, 3.05) is 10.8 Å². The number of aryl methyl sites for hydroxylation is 1. The summed E-state index contributed by atoms with van der Waals surface area (Å²) in [5.41, 5.74) is 4.09. The van der Waals surface area contributed by atoms with Crippen molar-refractivity contribution in [3.8, 4) is 0 Å². The topological polar surface area (TPSA) is 37.4 Å². The van der Waals surface area contributed by atoms with Crippen molar-refractivity contribution in [2.45, 2.75) is 11.8 Å². The number of rotatable bonds is 3. The van der Waals surface area contributed by atoms with Crippen LogP contribution in [0.3, 0.4) is 0 Å². The SMILES string of the molecule is Cc1ccc(S(=O)(=O)N2CC(c3ccc(F)cc3)=Cc3ccccc32)cc1. The van der Waals surface area contributed by atoms with Gasteiger partial charge in [0.25, 0.3) is 10.0 Å². The summed E-state index contributed by atoms with van der Waals surface area (Å²) in [7, 11) is -3.72. The van der Waals surface area contributed by atoms with Crippen molar-refractivity contribution < 1.29 is 12.8 Å². The summed E-state index contributed by atoms with van der Waals surface area (Å²) in [6.07, 6.45) is 1.96. The lowest BCUT2D eigenvalue weighted by Crippen LogP contribution is -2.34. The Morgan fingerprint density at radius 1 is 0.889 bits per heavy atom. The van der Waals surface area contributed by atoms with Crippen molar-refractivity contribution in [1.29, 1.82) is 0 Å². The van der Waals surface area contributed by atoms with Crippen LogP contribution in [-0.2, 0) is 10.0 Å². The summed E-state index contributed by atoms with van der Waals surface area (Å²) < 4.78 is 41.4. The van der Waals surface area contributed by atoms with Gasteiger partial charge >= 0.3 is 0 Å². The average molecular weight is 379 g/mol. The molecule has 4 rings (SSSR count). The Hall–Kier alpha value is -2.92. The molecule has 0 aliphatic carbocycles. The maximum atomic E-state index is 13.3. The summed E-state index contributed by atoms with van der Waals surface area (Å²) in [4.78, 5) is 0.253. The van der Waals surface area contributed by atoms with Gasteiger partial charge in [-0.05, 0) is 60.0 Å². The number of halogens is 1. The molecule has 0 amide bonds. The minimum atomic E-state index is -3.72. The first kappa shape index (κ1) is 17.5. The lowest BCUT2D eigenvalue weighted by molar-refractivity contribution is 0.593. The maximum Gasteiger partial charge on any atom is 0.264 e. The van der Waals surface area contributed by atoms with Crippen LogP contribution >= 0.6 is 0 Å². The smallest absolute Gasteiger partial charge is 0.261 e. The van der Waals surface area contributed by atoms with Crippen molar-refractivity contribution in [1.82, 2.24) is 0 Å². The summed E-state index contributed by atoms with van der Waals surface area (Å²) in [6.45, 7) is 2.11. The number of nitrogens with zero attached hydrogens (tertiary/aromatic N) is 1. The highest BCUT2D eigenvalue weighted by atomic mass is 32.2. The largest absolute Gasteiger partial charge is 0.264 e. The number of para-hydroxylation sites is 1. The van der Waals surface area contributed by atoms with E-state index in [0.717, 1.165) is 22.3 Å². The first-order chi connectivity index (χ1) is 12.9. The van der Waals surface area contributed by atoms with Crippen molar-refractivity contribution in [2.24, 2.45) is 0 Å². The number of hydrogen-bond acceptors (Lipinski definition) is 2. The first-order valence-corrected chi connectivity index (χ1v) is 10.0. The third-order valence-electron chi connectivity index (χ3n) is 4.67. The molecule has 3 aromatic carbocycles. The van der Waals surface area contributed by atoms with Crippen molar-refractivity contribution >= 4 is 27.4 Å². The molecule has 0 atom stereocenters. The molecule has 0 fully saturated rings. The lowest BCUT2D eigenvalue weighted by Gasteiger charge is -2.31. The Kier molecular flexibility index (Phi) is 4.32. The maximum absolute atomic E-state index is 13.3. The summed E-state index contributed by atoms with van der Waals surface area (Å²) in [5, 5.41) is 0. The Balaban J connectivity index is 1.82. The van der Waals surface area contributed by atoms with E-state index in [0.29, 0.717) is 5.69 Å². The van der Waals surface area contributed by atoms with Gasteiger partial charge in [0, 0.05) is 0 Å². The van der Waals surface area contributed by atoms with Crippen LogP contribution in [0.5, 0.6) is 0 Å². The Morgan fingerprint density at radius 3 is 2.26 bits per heavy atom. The Bertz CT molecular complexity index is 1120. The molecule has 5 heteroatoms. The third kappa shape index (κ3) is 3.26. The summed E-state index contributed by atoms with van der Waals surface area (Å²) >= 11 is 0. The first-order valence-electron chi connectivity index (χ1n) is 8.60. The second-order valence-electron chi connectivity index (χ2n) is 6.56. The number of benzene rings is 3. The highest BCUT2D eigenvalue weighted by molar-refractivity contribution is 7.92. The summed E-state index contributed by atoms with van der Waals surface area (Å²) in [5.74, 6) is -0.320. The second kappa shape index (κ2) is 6.67. The molecule has 136 valence electrons. The van der Waals surface area contributed by atoms with Crippen LogP contribution in [-0.4, -0.2) is 15.0 Å². The van der Waals surface area contributed by atoms with Crippen LogP contribution in [0.15, 0.2) is 77.7 Å². The van der Waals surface area contributed by atoms with E-state index in [1.165, 1.54) is 16.4 Å². The zero-order chi connectivity index (χ0) is 19.0. The van der Waals surface area contributed by atoms with Gasteiger partial charge in [0.1, 0.15) is 5.82 Å². The lowest BCUT2D eigenvalue weighted by atomic mass is 9.98. The quantitative estimate of drug-likeness (QED) is 0.650. The van der Waals surface area contributed by atoms with E-state index in [1.54, 1.807) is 42.5 Å². The fourth-order valence-corrected chi connectivity index (χ4v) is 4.67. The van der Waals surface area contributed by atoms with Gasteiger partial charge in [-0.25, -0.2) is 12.8 Å². The fraction of sp³-hybridized carbons (Fsp3) is 0.0909. The van der Waals surface area contributed by atoms with Gasteiger partial charge < -0.3 is 0 Å². The van der Waals surface area contributed by atoms with E-state index >= 15 is 0 Å². The van der Waals surface area contributed by atoms with Gasteiger partial charge in [-0.15, -0.1) is 0 Å². The van der Waals surface area contributed by atoms with Gasteiger partial charge in [0.05, 0.1) is 17.1 Å². The molecule has 0 unspecified atom stereocenters. The van der Waals surface area contributed by atoms with E-state index in [-0.39, 0.29) is 17.3 Å². The van der Waals surface area contributed by atoms with Crippen LogP contribution in [0, 0.1) is 12.7 Å². The molecule has 0 N–H and O–H groups in total. The number of anilines is 1. The highest BCUT2D eigenvalue weighted by Gasteiger charge is 2.30. The zero-order valence-corrected chi connectivity index (χ0v) is 15.6. The minimum Gasteiger partial charge on any atom is -0.261 e. The monoisotopic (exact) mass is 379 g/mol. The molecule has 0 saturated heterocycles. The van der Waals surface area contributed by atoms with Crippen molar-refractivity contribution in [3.05, 3.63) is 95.3 Å². The predicted octanol–water partition coefficient (Wildman–Crippen LogP) is 4.88. The molecule has 0 bridgehead atoms. The van der Waals surface area contributed by atoms with Gasteiger partial charge in [0.15, 0.2) is 0 Å². The number of fused-ring (bicyclic) bond motifs is 1. The zero-order valence-electron chi connectivity index (χ0n) is 14.8. The standard InChI is InChI=1S/C22H18FNO2S/c1-16-6-12-21(13-7-16)27(25,26)24-15-19(17-8-10-20(23)11-9-17)14-18-4-2-3-5-22(18)24/h2-14H,15H2,1H3. The van der Waals surface area contributed by atoms with Crippen LogP contribution in [0.2, 0.25) is 0 Å². The van der Waals surface area contributed by atoms with Gasteiger partial charge in [-0.3, -0.25) is 4.31 Å². The molecule has 3 nitrogen and oxygen atoms in total. The van der Waals surface area contributed by atoms with Gasteiger partial charge in [-0.1, -0.05) is 48.0 Å². The molecule has 0 saturated carbocycles. The molecular weight excluding hydrogens is 361 g/mol. The van der Waals surface area contributed by atoms with Crippen LogP contribution in [0.25, 0.3) is 11.6 Å². The predicted molar refractivity (Wildman–Crippen MR) is 106 cm³/mol. The highest BCUT2D eigenvalue weighted by Crippen LogP contribution is 2.36. The molecule has 0 radical (unpaired) electrons. The van der Waals surface area contributed by atoms with Gasteiger partial charge in [-0.2, -0.15) is 0 Å². The molecule has 0 aromatic heterocycles. The fourth-order valence-electron chi connectivity index (χ4n) is 3.20. The number of hydrogen-bond donors (Lipinski definition) is 0. The van der Waals surface area contributed by atoms with Crippen LogP contribution in [0.4, 0.5) is 10.1 Å². The molecule has 0 spiro atoms.